The van der Waals surface area contributed by atoms with Gasteiger partial charge in [-0.05, 0) is 65.6 Å². The van der Waals surface area contributed by atoms with E-state index >= 15 is 0 Å². The molecule has 0 bridgehead atoms. The fraction of sp³-hybridized carbons (Fsp3) is 0.571. The summed E-state index contributed by atoms with van der Waals surface area (Å²) in [5, 5.41) is 3.55. The molecule has 1 nitrogen and oxygen atoms in total. The molecule has 1 N–H and O–H groups in total. The van der Waals surface area contributed by atoms with Crippen LogP contribution in [0.2, 0.25) is 0 Å². The first-order chi connectivity index (χ1) is 8.04. The van der Waals surface area contributed by atoms with Crippen molar-refractivity contribution in [3.05, 3.63) is 33.1 Å². The van der Waals surface area contributed by atoms with E-state index in [1.807, 2.05) is 6.07 Å². The van der Waals surface area contributed by atoms with Crippen LogP contribution >= 0.6 is 22.6 Å². The van der Waals surface area contributed by atoms with Crippen LogP contribution < -0.4 is 5.32 Å². The Labute approximate surface area is 117 Å². The quantitative estimate of drug-likeness (QED) is 0.745. The van der Waals surface area contributed by atoms with Gasteiger partial charge in [0.1, 0.15) is 5.82 Å². The van der Waals surface area contributed by atoms with E-state index in [9.17, 15) is 4.39 Å². The lowest BCUT2D eigenvalue weighted by Crippen LogP contribution is -2.24. The van der Waals surface area contributed by atoms with Crippen LogP contribution in [0.1, 0.15) is 45.2 Å². The zero-order valence-electron chi connectivity index (χ0n) is 10.8. The van der Waals surface area contributed by atoms with Gasteiger partial charge in [-0.1, -0.05) is 26.8 Å². The first-order valence-corrected chi connectivity index (χ1v) is 7.30. The second-order valence-corrected chi connectivity index (χ2v) is 5.96. The average molecular weight is 349 g/mol. The molecule has 0 aliphatic rings. The Kier molecular flexibility index (Phi) is 6.41. The Morgan fingerprint density at radius 3 is 2.59 bits per heavy atom. The van der Waals surface area contributed by atoms with Crippen molar-refractivity contribution in [2.45, 2.75) is 39.7 Å². The fourth-order valence-corrected chi connectivity index (χ4v) is 2.75. The molecule has 0 saturated heterocycles. The largest absolute Gasteiger partial charge is 0.310 e. The van der Waals surface area contributed by atoms with Gasteiger partial charge in [-0.2, -0.15) is 0 Å². The van der Waals surface area contributed by atoms with E-state index in [0.29, 0.717) is 12.0 Å². The van der Waals surface area contributed by atoms with Crippen LogP contribution in [0.3, 0.4) is 0 Å². The topological polar surface area (TPSA) is 12.0 Å². The lowest BCUT2D eigenvalue weighted by Gasteiger charge is -2.22. The second-order valence-electron chi connectivity index (χ2n) is 4.80. The number of benzene rings is 1. The Balaban J connectivity index is 2.86. The lowest BCUT2D eigenvalue weighted by molar-refractivity contribution is 0.428. The van der Waals surface area contributed by atoms with Crippen molar-refractivity contribution < 1.29 is 4.39 Å². The summed E-state index contributed by atoms with van der Waals surface area (Å²) in [5.74, 6) is 0.474. The highest BCUT2D eigenvalue weighted by atomic mass is 127. The summed E-state index contributed by atoms with van der Waals surface area (Å²) in [6.45, 7) is 7.61. The van der Waals surface area contributed by atoms with Gasteiger partial charge >= 0.3 is 0 Å². The van der Waals surface area contributed by atoms with E-state index in [4.69, 9.17) is 0 Å². The van der Waals surface area contributed by atoms with E-state index < -0.39 is 0 Å². The monoisotopic (exact) mass is 349 g/mol. The minimum Gasteiger partial charge on any atom is -0.310 e. The van der Waals surface area contributed by atoms with E-state index in [1.54, 1.807) is 12.1 Å². The SMILES string of the molecule is CCCNC(CC(C)C)c1ccc(F)cc1I. The molecular weight excluding hydrogens is 328 g/mol. The van der Waals surface area contributed by atoms with Gasteiger partial charge in [0.2, 0.25) is 0 Å². The van der Waals surface area contributed by atoms with Crippen LogP contribution in [0.25, 0.3) is 0 Å². The number of rotatable bonds is 6. The molecule has 1 aromatic carbocycles. The molecule has 0 radical (unpaired) electrons. The normalized spacial score (nSPS) is 13.1. The van der Waals surface area contributed by atoms with Crippen LogP contribution in [-0.4, -0.2) is 6.54 Å². The number of nitrogens with one attached hydrogen (secondary N) is 1. The molecule has 0 heterocycles. The first-order valence-electron chi connectivity index (χ1n) is 6.23. The van der Waals surface area contributed by atoms with Gasteiger partial charge in [-0.15, -0.1) is 0 Å². The number of hydrogen-bond acceptors (Lipinski definition) is 1. The van der Waals surface area contributed by atoms with Crippen molar-refractivity contribution in [3.63, 3.8) is 0 Å². The minimum atomic E-state index is -0.156. The molecule has 0 amide bonds. The highest BCUT2D eigenvalue weighted by Crippen LogP contribution is 2.26. The van der Waals surface area contributed by atoms with Crippen molar-refractivity contribution in [1.82, 2.24) is 5.32 Å². The first kappa shape index (κ1) is 14.9. The van der Waals surface area contributed by atoms with Crippen molar-refractivity contribution in [3.8, 4) is 0 Å². The third-order valence-corrected chi connectivity index (χ3v) is 3.62. The van der Waals surface area contributed by atoms with Gasteiger partial charge in [0.25, 0.3) is 0 Å². The van der Waals surface area contributed by atoms with Crippen molar-refractivity contribution in [2.24, 2.45) is 5.92 Å². The zero-order valence-corrected chi connectivity index (χ0v) is 12.9. The summed E-state index contributed by atoms with van der Waals surface area (Å²) in [7, 11) is 0. The molecule has 0 aromatic heterocycles. The minimum absolute atomic E-state index is 0.156. The van der Waals surface area contributed by atoms with Gasteiger partial charge < -0.3 is 5.32 Å². The molecule has 0 aliphatic heterocycles. The third kappa shape index (κ3) is 4.92. The van der Waals surface area contributed by atoms with E-state index in [-0.39, 0.29) is 5.82 Å². The molecular formula is C14H21FIN. The van der Waals surface area contributed by atoms with Gasteiger partial charge in [-0.3, -0.25) is 0 Å². The summed E-state index contributed by atoms with van der Waals surface area (Å²) < 4.78 is 14.1. The summed E-state index contributed by atoms with van der Waals surface area (Å²) in [6, 6.07) is 5.41. The molecule has 1 unspecified atom stereocenters. The van der Waals surface area contributed by atoms with E-state index in [1.165, 1.54) is 5.56 Å². The molecule has 96 valence electrons. The molecule has 0 aliphatic carbocycles. The molecule has 1 atom stereocenters. The summed E-state index contributed by atoms with van der Waals surface area (Å²) in [6.07, 6.45) is 2.20. The Morgan fingerprint density at radius 1 is 1.35 bits per heavy atom. The van der Waals surface area contributed by atoms with Crippen LogP contribution in [0.4, 0.5) is 4.39 Å². The predicted octanol–water partition coefficient (Wildman–Crippen LogP) is 4.52. The van der Waals surface area contributed by atoms with Crippen LogP contribution in [0.15, 0.2) is 18.2 Å². The molecule has 0 saturated carbocycles. The summed E-state index contributed by atoms with van der Waals surface area (Å²) in [5.41, 5.74) is 1.22. The van der Waals surface area contributed by atoms with Gasteiger partial charge in [0.15, 0.2) is 0 Å². The average Bonchev–Trinajstić information content (AvgIpc) is 2.24. The molecule has 0 spiro atoms. The van der Waals surface area contributed by atoms with Gasteiger partial charge in [-0.25, -0.2) is 4.39 Å². The fourth-order valence-electron chi connectivity index (χ4n) is 1.89. The Bertz CT molecular complexity index is 352. The van der Waals surface area contributed by atoms with Gasteiger partial charge in [0.05, 0.1) is 0 Å². The number of hydrogen-bond donors (Lipinski definition) is 1. The maximum atomic E-state index is 13.1. The highest BCUT2D eigenvalue weighted by molar-refractivity contribution is 14.1. The second kappa shape index (κ2) is 7.31. The Hall–Kier alpha value is -0.160. The van der Waals surface area contributed by atoms with Crippen molar-refractivity contribution >= 4 is 22.6 Å². The van der Waals surface area contributed by atoms with E-state index in [0.717, 1.165) is 23.0 Å². The lowest BCUT2D eigenvalue weighted by atomic mass is 9.97. The molecule has 17 heavy (non-hydrogen) atoms. The smallest absolute Gasteiger partial charge is 0.124 e. The number of halogens is 2. The van der Waals surface area contributed by atoms with Gasteiger partial charge in [0, 0.05) is 9.61 Å². The zero-order chi connectivity index (χ0) is 12.8. The highest BCUT2D eigenvalue weighted by Gasteiger charge is 2.15. The van der Waals surface area contributed by atoms with Crippen molar-refractivity contribution in [2.75, 3.05) is 6.54 Å². The predicted molar refractivity (Wildman–Crippen MR) is 79.6 cm³/mol. The maximum absolute atomic E-state index is 13.1. The maximum Gasteiger partial charge on any atom is 0.124 e. The van der Waals surface area contributed by atoms with Crippen LogP contribution in [-0.2, 0) is 0 Å². The van der Waals surface area contributed by atoms with Crippen LogP contribution in [0, 0.1) is 15.3 Å². The molecule has 1 rings (SSSR count). The third-order valence-electron chi connectivity index (χ3n) is 2.69. The molecule has 1 aromatic rings. The molecule has 3 heteroatoms. The van der Waals surface area contributed by atoms with E-state index in [2.05, 4.69) is 48.7 Å². The summed E-state index contributed by atoms with van der Waals surface area (Å²) in [4.78, 5) is 0. The van der Waals surface area contributed by atoms with Crippen molar-refractivity contribution in [1.29, 1.82) is 0 Å². The Morgan fingerprint density at radius 2 is 2.06 bits per heavy atom. The molecule has 0 fully saturated rings. The summed E-state index contributed by atoms with van der Waals surface area (Å²) >= 11 is 2.22. The standard InChI is InChI=1S/C14H21FIN/c1-4-7-17-14(8-10(2)3)12-6-5-11(15)9-13(12)16/h5-6,9-10,14,17H,4,7-8H2,1-3H3. The van der Waals surface area contributed by atoms with Crippen LogP contribution in [0.5, 0.6) is 0 Å².